The molecule has 196 valence electrons. The lowest BCUT2D eigenvalue weighted by molar-refractivity contribution is 0.0172. The molecule has 7 heteroatoms. The van der Waals surface area contributed by atoms with Gasteiger partial charge in [0, 0.05) is 23.4 Å². The zero-order valence-corrected chi connectivity index (χ0v) is 21.8. The van der Waals surface area contributed by atoms with E-state index in [0.29, 0.717) is 36.1 Å². The van der Waals surface area contributed by atoms with Crippen LogP contribution in [0.5, 0.6) is 11.5 Å². The van der Waals surface area contributed by atoms with Crippen LogP contribution in [0.15, 0.2) is 60.7 Å². The fraction of sp³-hybridized carbons (Fsp3) is 0.367. The molecule has 3 aromatic carbocycles. The summed E-state index contributed by atoms with van der Waals surface area (Å²) in [5.41, 5.74) is 2.22. The molecule has 0 radical (unpaired) electrons. The molecule has 1 unspecified atom stereocenters. The van der Waals surface area contributed by atoms with Gasteiger partial charge >= 0.3 is 5.97 Å². The van der Waals surface area contributed by atoms with Gasteiger partial charge in [0.2, 0.25) is 0 Å². The molecule has 0 saturated heterocycles. The topological polar surface area (TPSA) is 77.0 Å². The minimum absolute atomic E-state index is 0.248. The second-order valence-corrected chi connectivity index (χ2v) is 10.3. The Hall–Kier alpha value is -3.58. The normalized spacial score (nSPS) is 14.5. The van der Waals surface area contributed by atoms with Crippen molar-refractivity contribution in [3.8, 4) is 11.5 Å². The van der Waals surface area contributed by atoms with E-state index in [0.717, 1.165) is 22.6 Å². The molecule has 0 bridgehead atoms. The number of cyclic esters (lactones) is 1. The van der Waals surface area contributed by atoms with Crippen molar-refractivity contribution >= 4 is 11.7 Å². The molecule has 6 nitrogen and oxygen atoms in total. The van der Waals surface area contributed by atoms with Gasteiger partial charge in [-0.1, -0.05) is 26.0 Å². The molecular formula is C30H34FNO5. The third kappa shape index (κ3) is 6.23. The Balaban J connectivity index is 1.57. The van der Waals surface area contributed by atoms with Crippen molar-refractivity contribution in [1.82, 2.24) is 0 Å². The van der Waals surface area contributed by atoms with Gasteiger partial charge in [0.25, 0.3) is 0 Å². The Morgan fingerprint density at radius 1 is 1.03 bits per heavy atom. The first-order valence-electron chi connectivity index (χ1n) is 12.4. The van der Waals surface area contributed by atoms with Gasteiger partial charge in [-0.05, 0) is 78.8 Å². The summed E-state index contributed by atoms with van der Waals surface area (Å²) in [5, 5.41) is 15.4. The lowest BCUT2D eigenvalue weighted by atomic mass is 9.73. The third-order valence-corrected chi connectivity index (χ3v) is 7.01. The van der Waals surface area contributed by atoms with E-state index in [-0.39, 0.29) is 24.9 Å². The number of rotatable bonds is 11. The van der Waals surface area contributed by atoms with E-state index in [2.05, 4.69) is 5.32 Å². The first kappa shape index (κ1) is 26.5. The highest BCUT2D eigenvalue weighted by atomic mass is 19.1. The van der Waals surface area contributed by atoms with E-state index >= 15 is 0 Å². The monoisotopic (exact) mass is 507 g/mol. The molecule has 1 atom stereocenters. The predicted octanol–water partition coefficient (Wildman–Crippen LogP) is 5.66. The Morgan fingerprint density at radius 2 is 1.78 bits per heavy atom. The number of fused-ring (bicyclic) bond motifs is 1. The number of halogens is 1. The molecule has 2 N–H and O–H groups in total. The average Bonchev–Trinajstić information content (AvgIpc) is 3.26. The summed E-state index contributed by atoms with van der Waals surface area (Å²) in [6.45, 7) is 4.48. The number of carbonyl (C=O) groups is 1. The van der Waals surface area contributed by atoms with E-state index in [1.807, 2.05) is 50.2 Å². The summed E-state index contributed by atoms with van der Waals surface area (Å²) in [4.78, 5) is 11.8. The molecule has 0 fully saturated rings. The van der Waals surface area contributed by atoms with Crippen LogP contribution in [0.25, 0.3) is 0 Å². The second-order valence-electron chi connectivity index (χ2n) is 10.3. The minimum Gasteiger partial charge on any atom is -0.497 e. The zero-order valence-electron chi connectivity index (χ0n) is 21.8. The van der Waals surface area contributed by atoms with E-state index < -0.39 is 11.0 Å². The molecule has 0 aromatic heterocycles. The number of aryl methyl sites for hydroxylation is 1. The van der Waals surface area contributed by atoms with Crippen molar-refractivity contribution in [1.29, 1.82) is 0 Å². The van der Waals surface area contributed by atoms with Crippen molar-refractivity contribution in [2.75, 3.05) is 26.1 Å². The molecule has 3 aromatic rings. The van der Waals surface area contributed by atoms with Crippen molar-refractivity contribution in [2.24, 2.45) is 0 Å². The molecule has 1 heterocycles. The number of hydrogen-bond acceptors (Lipinski definition) is 6. The largest absolute Gasteiger partial charge is 0.497 e. The number of hydrogen-bond donors (Lipinski definition) is 2. The number of ether oxygens (including phenoxy) is 3. The summed E-state index contributed by atoms with van der Waals surface area (Å²) >= 11 is 0. The third-order valence-electron chi connectivity index (χ3n) is 7.01. The zero-order chi connectivity index (χ0) is 26.6. The van der Waals surface area contributed by atoms with Crippen LogP contribution < -0.4 is 14.8 Å². The Morgan fingerprint density at radius 3 is 2.49 bits per heavy atom. The number of esters is 1. The molecule has 37 heavy (non-hydrogen) atoms. The lowest BCUT2D eigenvalue weighted by Gasteiger charge is -2.38. The lowest BCUT2D eigenvalue weighted by Crippen LogP contribution is -2.43. The van der Waals surface area contributed by atoms with Crippen LogP contribution in [-0.2, 0) is 23.2 Å². The van der Waals surface area contributed by atoms with Gasteiger partial charge in [-0.25, -0.2) is 9.18 Å². The Labute approximate surface area is 217 Å². The van der Waals surface area contributed by atoms with Crippen molar-refractivity contribution in [3.05, 3.63) is 88.7 Å². The highest BCUT2D eigenvalue weighted by Crippen LogP contribution is 2.40. The van der Waals surface area contributed by atoms with Gasteiger partial charge in [-0.2, -0.15) is 0 Å². The fourth-order valence-corrected chi connectivity index (χ4v) is 5.05. The van der Waals surface area contributed by atoms with Crippen molar-refractivity contribution in [3.63, 3.8) is 0 Å². The maximum absolute atomic E-state index is 14.2. The van der Waals surface area contributed by atoms with Crippen LogP contribution in [-0.4, -0.2) is 37.4 Å². The second kappa shape index (κ2) is 10.8. The molecule has 0 aliphatic carbocycles. The van der Waals surface area contributed by atoms with Crippen LogP contribution in [0, 0.1) is 5.82 Å². The SMILES string of the molecule is COc1ccc(CCC(O)(CNc2ccc3c(c2)COC3=O)CC(C)(C)c2cc(F)ccc2OC)cc1. The maximum Gasteiger partial charge on any atom is 0.338 e. The predicted molar refractivity (Wildman–Crippen MR) is 141 cm³/mol. The standard InChI is InChI=1S/C30H34FNO5/c1-29(2,26-16-22(31)7-12-27(26)36-4)18-30(34,14-13-20-5-9-24(35-3)10-6-20)19-32-23-8-11-25-21(15-23)17-37-28(25)33/h5-12,15-16,32,34H,13-14,17-19H2,1-4H3. The van der Waals surface area contributed by atoms with Crippen molar-refractivity contribution in [2.45, 2.75) is 50.7 Å². The van der Waals surface area contributed by atoms with Crippen LogP contribution in [0.3, 0.4) is 0 Å². The van der Waals surface area contributed by atoms with Crippen LogP contribution >= 0.6 is 0 Å². The first-order valence-corrected chi connectivity index (χ1v) is 12.4. The van der Waals surface area contributed by atoms with E-state index in [1.54, 1.807) is 26.4 Å². The summed E-state index contributed by atoms with van der Waals surface area (Å²) < 4.78 is 30.1. The molecular weight excluding hydrogens is 473 g/mol. The number of nitrogens with one attached hydrogen (secondary N) is 1. The van der Waals surface area contributed by atoms with E-state index in [9.17, 15) is 14.3 Å². The number of aliphatic hydroxyl groups is 1. The van der Waals surface area contributed by atoms with Gasteiger partial charge in [0.1, 0.15) is 23.9 Å². The van der Waals surface area contributed by atoms with Gasteiger partial charge in [-0.3, -0.25) is 0 Å². The van der Waals surface area contributed by atoms with E-state index in [1.165, 1.54) is 12.1 Å². The first-order chi connectivity index (χ1) is 17.6. The van der Waals surface area contributed by atoms with Gasteiger partial charge in [-0.15, -0.1) is 0 Å². The number of anilines is 1. The quantitative estimate of drug-likeness (QED) is 0.326. The summed E-state index contributed by atoms with van der Waals surface area (Å²) in [6, 6.07) is 17.7. The van der Waals surface area contributed by atoms with Gasteiger partial charge in [0.15, 0.2) is 0 Å². The molecule has 0 spiro atoms. The van der Waals surface area contributed by atoms with Crippen molar-refractivity contribution < 1.29 is 28.5 Å². The summed E-state index contributed by atoms with van der Waals surface area (Å²) in [6.07, 6.45) is 1.47. The molecule has 1 aliphatic heterocycles. The highest BCUT2D eigenvalue weighted by molar-refractivity contribution is 5.93. The van der Waals surface area contributed by atoms with Crippen LogP contribution in [0.2, 0.25) is 0 Å². The average molecular weight is 508 g/mol. The molecule has 0 saturated carbocycles. The van der Waals surface area contributed by atoms with Gasteiger partial charge < -0.3 is 24.6 Å². The Bertz CT molecular complexity index is 1260. The summed E-state index contributed by atoms with van der Waals surface area (Å²) in [5.74, 6) is 0.696. The molecule has 4 rings (SSSR count). The molecule has 1 aliphatic rings. The van der Waals surface area contributed by atoms with E-state index in [4.69, 9.17) is 14.2 Å². The number of carbonyl (C=O) groups excluding carboxylic acids is 1. The van der Waals surface area contributed by atoms with Gasteiger partial charge in [0.05, 0.1) is 25.4 Å². The highest BCUT2D eigenvalue weighted by Gasteiger charge is 2.37. The maximum atomic E-state index is 14.2. The minimum atomic E-state index is -1.15. The van der Waals surface area contributed by atoms with Crippen LogP contribution in [0.4, 0.5) is 10.1 Å². The van der Waals surface area contributed by atoms with Crippen LogP contribution in [0.1, 0.15) is 53.7 Å². The number of benzene rings is 3. The summed E-state index contributed by atoms with van der Waals surface area (Å²) in [7, 11) is 3.19. The number of methoxy groups -OCH3 is 2. The Kier molecular flexibility index (Phi) is 7.73. The smallest absolute Gasteiger partial charge is 0.338 e. The molecule has 0 amide bonds. The fourth-order valence-electron chi connectivity index (χ4n) is 5.05.